The zero-order valence-corrected chi connectivity index (χ0v) is 16.4. The molecule has 6 nitrogen and oxygen atoms in total. The quantitative estimate of drug-likeness (QED) is 0.645. The van der Waals surface area contributed by atoms with Crippen LogP contribution in [0.1, 0.15) is 28.5 Å². The minimum absolute atomic E-state index is 0.240. The van der Waals surface area contributed by atoms with Gasteiger partial charge in [0.05, 0.1) is 12.2 Å². The van der Waals surface area contributed by atoms with Gasteiger partial charge in [0, 0.05) is 17.4 Å². The van der Waals surface area contributed by atoms with Crippen molar-refractivity contribution in [1.29, 1.82) is 0 Å². The number of hydrogen-bond acceptors (Lipinski definition) is 4. The number of nitrogens with zero attached hydrogens (tertiary/aromatic N) is 1. The van der Waals surface area contributed by atoms with E-state index >= 15 is 0 Å². The molecule has 0 fully saturated rings. The number of aromatic nitrogens is 1. The highest BCUT2D eigenvalue weighted by atomic mass is 16.5. The smallest absolute Gasteiger partial charge is 0.265 e. The van der Waals surface area contributed by atoms with Crippen LogP contribution in [0, 0.1) is 6.92 Å². The lowest BCUT2D eigenvalue weighted by Gasteiger charge is -2.15. The Morgan fingerprint density at radius 2 is 1.86 bits per heavy atom. The highest BCUT2D eigenvalue weighted by Crippen LogP contribution is 2.16. The summed E-state index contributed by atoms with van der Waals surface area (Å²) in [5, 5.41) is 5.61. The summed E-state index contributed by atoms with van der Waals surface area (Å²) in [7, 11) is 0. The van der Waals surface area contributed by atoms with Gasteiger partial charge in [0.1, 0.15) is 5.75 Å². The van der Waals surface area contributed by atoms with Crippen molar-refractivity contribution in [3.05, 3.63) is 89.7 Å². The first-order valence-electron chi connectivity index (χ1n) is 9.33. The zero-order chi connectivity index (χ0) is 20.6. The maximum atomic E-state index is 12.4. The molecule has 0 aliphatic rings. The topological polar surface area (TPSA) is 80.3 Å². The van der Waals surface area contributed by atoms with E-state index < -0.39 is 6.10 Å². The first kappa shape index (κ1) is 20.1. The average molecular weight is 389 g/mol. The number of nitrogens with one attached hydrogen (secondary N) is 2. The molecule has 29 heavy (non-hydrogen) atoms. The van der Waals surface area contributed by atoms with Crippen LogP contribution in [0.2, 0.25) is 0 Å². The molecular formula is C23H23N3O3. The molecule has 0 aliphatic heterocycles. The molecule has 148 valence electrons. The van der Waals surface area contributed by atoms with E-state index in [0.717, 1.165) is 11.3 Å². The van der Waals surface area contributed by atoms with Crippen LogP contribution in [-0.2, 0) is 11.3 Å². The maximum absolute atomic E-state index is 12.4. The van der Waals surface area contributed by atoms with Crippen molar-refractivity contribution in [3.8, 4) is 5.75 Å². The van der Waals surface area contributed by atoms with Crippen molar-refractivity contribution in [2.75, 3.05) is 5.32 Å². The summed E-state index contributed by atoms with van der Waals surface area (Å²) in [6.45, 7) is 3.97. The normalized spacial score (nSPS) is 11.4. The average Bonchev–Trinajstić information content (AvgIpc) is 2.73. The van der Waals surface area contributed by atoms with Crippen LogP contribution in [0.5, 0.6) is 5.75 Å². The minimum Gasteiger partial charge on any atom is -0.481 e. The van der Waals surface area contributed by atoms with E-state index in [1.54, 1.807) is 37.4 Å². The van der Waals surface area contributed by atoms with Crippen molar-refractivity contribution >= 4 is 17.5 Å². The van der Waals surface area contributed by atoms with E-state index in [4.69, 9.17) is 4.74 Å². The van der Waals surface area contributed by atoms with Crippen LogP contribution >= 0.6 is 0 Å². The molecule has 1 atom stereocenters. The molecule has 2 N–H and O–H groups in total. The second-order valence-corrected chi connectivity index (χ2v) is 6.65. The minimum atomic E-state index is -0.682. The highest BCUT2D eigenvalue weighted by molar-refractivity contribution is 5.98. The Morgan fingerprint density at radius 1 is 1.03 bits per heavy atom. The molecule has 3 rings (SSSR count). The maximum Gasteiger partial charge on any atom is 0.265 e. The van der Waals surface area contributed by atoms with E-state index in [0.29, 0.717) is 23.5 Å². The second kappa shape index (κ2) is 9.50. The summed E-state index contributed by atoms with van der Waals surface area (Å²) < 4.78 is 5.70. The Hall–Kier alpha value is -3.67. The van der Waals surface area contributed by atoms with E-state index in [9.17, 15) is 9.59 Å². The standard InChI is InChI=1S/C23H23N3O3/c1-16-7-5-11-21(13-16)29-17(2)22(27)26-19-10-6-8-18(14-19)23(28)25-15-20-9-3-4-12-24-20/h3-14,17H,15H2,1-2H3,(H,25,28)(H,26,27). The summed E-state index contributed by atoms with van der Waals surface area (Å²) in [5.41, 5.74) is 2.80. The highest BCUT2D eigenvalue weighted by Gasteiger charge is 2.16. The lowest BCUT2D eigenvalue weighted by atomic mass is 10.2. The van der Waals surface area contributed by atoms with E-state index in [2.05, 4.69) is 15.6 Å². The van der Waals surface area contributed by atoms with Crippen LogP contribution in [0.4, 0.5) is 5.69 Å². The fourth-order valence-electron chi connectivity index (χ4n) is 2.70. The molecule has 0 aliphatic carbocycles. The fraction of sp³-hybridized carbons (Fsp3) is 0.174. The summed E-state index contributed by atoms with van der Waals surface area (Å²) in [6.07, 6.45) is 0.996. The molecule has 2 aromatic carbocycles. The molecule has 1 heterocycles. The SMILES string of the molecule is Cc1cccc(OC(C)C(=O)Nc2cccc(C(=O)NCc3ccccn3)c2)c1. The number of rotatable bonds is 7. The van der Waals surface area contributed by atoms with Gasteiger partial charge >= 0.3 is 0 Å². The van der Waals surface area contributed by atoms with Gasteiger partial charge in [-0.05, 0) is 61.9 Å². The molecular weight excluding hydrogens is 366 g/mol. The van der Waals surface area contributed by atoms with Crippen molar-refractivity contribution in [2.24, 2.45) is 0 Å². The molecule has 0 saturated carbocycles. The largest absolute Gasteiger partial charge is 0.481 e. The first-order valence-corrected chi connectivity index (χ1v) is 9.33. The molecule has 1 unspecified atom stereocenters. The van der Waals surface area contributed by atoms with Gasteiger partial charge < -0.3 is 15.4 Å². The van der Waals surface area contributed by atoms with Gasteiger partial charge in [-0.1, -0.05) is 24.3 Å². The number of aryl methyl sites for hydroxylation is 1. The number of carbonyl (C=O) groups is 2. The third kappa shape index (κ3) is 5.90. The lowest BCUT2D eigenvalue weighted by Crippen LogP contribution is -2.30. The van der Waals surface area contributed by atoms with Crippen LogP contribution in [0.15, 0.2) is 72.9 Å². The van der Waals surface area contributed by atoms with Crippen molar-refractivity contribution in [2.45, 2.75) is 26.5 Å². The monoisotopic (exact) mass is 389 g/mol. The zero-order valence-electron chi connectivity index (χ0n) is 16.4. The molecule has 0 saturated heterocycles. The van der Waals surface area contributed by atoms with Gasteiger partial charge in [0.2, 0.25) is 0 Å². The number of pyridine rings is 1. The lowest BCUT2D eigenvalue weighted by molar-refractivity contribution is -0.122. The third-order valence-corrected chi connectivity index (χ3v) is 4.22. The number of ether oxygens (including phenoxy) is 1. The second-order valence-electron chi connectivity index (χ2n) is 6.65. The van der Waals surface area contributed by atoms with Gasteiger partial charge in [-0.3, -0.25) is 14.6 Å². The summed E-state index contributed by atoms with van der Waals surface area (Å²) >= 11 is 0. The predicted octanol–water partition coefficient (Wildman–Crippen LogP) is 3.73. The number of anilines is 1. The molecule has 0 bridgehead atoms. The fourth-order valence-corrected chi connectivity index (χ4v) is 2.70. The van der Waals surface area contributed by atoms with E-state index in [1.165, 1.54) is 0 Å². The molecule has 0 radical (unpaired) electrons. The van der Waals surface area contributed by atoms with Crippen LogP contribution in [0.25, 0.3) is 0 Å². The first-order chi connectivity index (χ1) is 14.0. The van der Waals surface area contributed by atoms with Gasteiger partial charge in [0.15, 0.2) is 6.10 Å². The Bertz CT molecular complexity index is 989. The number of hydrogen-bond donors (Lipinski definition) is 2. The summed E-state index contributed by atoms with van der Waals surface area (Å²) in [5.74, 6) is 0.101. The van der Waals surface area contributed by atoms with Crippen molar-refractivity contribution < 1.29 is 14.3 Å². The van der Waals surface area contributed by atoms with Gasteiger partial charge in [-0.2, -0.15) is 0 Å². The van der Waals surface area contributed by atoms with Crippen molar-refractivity contribution in [1.82, 2.24) is 10.3 Å². The van der Waals surface area contributed by atoms with E-state index in [-0.39, 0.29) is 11.8 Å². The number of amides is 2. The van der Waals surface area contributed by atoms with Gasteiger partial charge in [0.25, 0.3) is 11.8 Å². The molecule has 2 amide bonds. The van der Waals surface area contributed by atoms with Crippen LogP contribution in [0.3, 0.4) is 0 Å². The predicted molar refractivity (Wildman–Crippen MR) is 112 cm³/mol. The number of benzene rings is 2. The van der Waals surface area contributed by atoms with Crippen LogP contribution in [-0.4, -0.2) is 22.9 Å². The Balaban J connectivity index is 1.58. The molecule has 0 spiro atoms. The molecule has 3 aromatic rings. The molecule has 1 aromatic heterocycles. The van der Waals surface area contributed by atoms with Crippen LogP contribution < -0.4 is 15.4 Å². The summed E-state index contributed by atoms with van der Waals surface area (Å²) in [6, 6.07) is 19.8. The molecule has 6 heteroatoms. The van der Waals surface area contributed by atoms with Crippen molar-refractivity contribution in [3.63, 3.8) is 0 Å². The Kier molecular flexibility index (Phi) is 6.58. The number of carbonyl (C=O) groups excluding carboxylic acids is 2. The van der Waals surface area contributed by atoms with E-state index in [1.807, 2.05) is 49.4 Å². The summed E-state index contributed by atoms with van der Waals surface area (Å²) in [4.78, 5) is 29.0. The van der Waals surface area contributed by atoms with Gasteiger partial charge in [-0.15, -0.1) is 0 Å². The Labute approximate surface area is 169 Å². The third-order valence-electron chi connectivity index (χ3n) is 4.22. The Morgan fingerprint density at radius 3 is 2.62 bits per heavy atom. The van der Waals surface area contributed by atoms with Gasteiger partial charge in [-0.25, -0.2) is 0 Å².